The summed E-state index contributed by atoms with van der Waals surface area (Å²) in [6.07, 6.45) is 11.5. The number of hydrogen-bond donors (Lipinski definition) is 8. The third-order valence-electron chi connectivity index (χ3n) is 5.43. The second-order valence-corrected chi connectivity index (χ2v) is 8.73. The summed E-state index contributed by atoms with van der Waals surface area (Å²) in [5.41, 5.74) is 15.6. The maximum Gasteiger partial charge on any atom is 0.328 e. The molecule has 4 atom stereocenters. The molecule has 0 radical (unpaired) electrons. The van der Waals surface area contributed by atoms with Crippen LogP contribution in [0.3, 0.4) is 0 Å². The van der Waals surface area contributed by atoms with E-state index >= 15 is 0 Å². The Kier molecular flexibility index (Phi) is 27.7. The number of nitrogens with two attached hydrogens (primary N) is 3. The number of rotatable bonds is 12. The Labute approximate surface area is 230 Å². The first-order chi connectivity index (χ1) is 18.0. The molecule has 14 nitrogen and oxygen atoms in total. The third-order valence-corrected chi connectivity index (χ3v) is 5.43. The van der Waals surface area contributed by atoms with E-state index in [-0.39, 0.29) is 13.5 Å². The molecule has 0 spiro atoms. The van der Waals surface area contributed by atoms with E-state index in [1.54, 1.807) is 6.21 Å². The minimum atomic E-state index is -1.01. The highest BCUT2D eigenvalue weighted by molar-refractivity contribution is 5.77. The molecule has 0 aliphatic carbocycles. The second kappa shape index (κ2) is 26.7. The van der Waals surface area contributed by atoms with Crippen LogP contribution in [0.25, 0.3) is 0 Å². The highest BCUT2D eigenvalue weighted by Gasteiger charge is 2.18. The Morgan fingerprint density at radius 2 is 1.49 bits per heavy atom. The van der Waals surface area contributed by atoms with Gasteiger partial charge in [-0.1, -0.05) is 20.3 Å². The number of unbranched alkanes of at least 4 members (excludes halogenated alkanes) is 2. The molecule has 0 amide bonds. The molecule has 2 rings (SSSR count). The number of nitrogens with zero attached hydrogens (tertiary/aromatic N) is 1. The van der Waals surface area contributed by atoms with Crippen LogP contribution >= 0.6 is 0 Å². The van der Waals surface area contributed by atoms with Crippen LogP contribution in [0.4, 0.5) is 0 Å². The van der Waals surface area contributed by atoms with E-state index in [4.69, 9.17) is 37.6 Å². The number of aldehydes is 1. The Morgan fingerprint density at radius 1 is 0.897 bits per heavy atom. The maximum atomic E-state index is 10.3. The Hall–Kier alpha value is -2.94. The highest BCUT2D eigenvalue weighted by Crippen LogP contribution is 2.09. The van der Waals surface area contributed by atoms with E-state index in [1.165, 1.54) is 0 Å². The Morgan fingerprint density at radius 3 is 1.82 bits per heavy atom. The number of hydrogen-bond acceptors (Lipinski definition) is 10. The lowest BCUT2D eigenvalue weighted by molar-refractivity contribution is -0.140. The van der Waals surface area contributed by atoms with E-state index in [0.29, 0.717) is 38.6 Å². The molecule has 1 saturated heterocycles. The van der Waals surface area contributed by atoms with Gasteiger partial charge in [-0.25, -0.2) is 4.79 Å². The van der Waals surface area contributed by atoms with E-state index in [2.05, 4.69) is 10.3 Å². The van der Waals surface area contributed by atoms with Gasteiger partial charge in [0.15, 0.2) is 0 Å². The first kappa shape index (κ1) is 40.6. The van der Waals surface area contributed by atoms with E-state index < -0.39 is 42.0 Å². The molecule has 11 N–H and O–H groups in total. The maximum absolute atomic E-state index is 10.3. The smallest absolute Gasteiger partial charge is 0.328 e. The fourth-order valence-corrected chi connectivity index (χ4v) is 3.11. The van der Waals surface area contributed by atoms with Crippen LogP contribution in [0.2, 0.25) is 0 Å². The van der Waals surface area contributed by atoms with Crippen LogP contribution in [-0.2, 0) is 24.0 Å². The van der Waals surface area contributed by atoms with E-state index in [9.17, 15) is 24.0 Å². The van der Waals surface area contributed by atoms with Gasteiger partial charge in [0.05, 0.1) is 0 Å². The average Bonchev–Trinajstić information content (AvgIpc) is 2.90. The monoisotopic (exact) mass is 563 g/mol. The molecule has 0 saturated carbocycles. The van der Waals surface area contributed by atoms with Gasteiger partial charge in [0.2, 0.25) is 0 Å². The molecule has 14 heteroatoms. The average molecular weight is 564 g/mol. The van der Waals surface area contributed by atoms with E-state index in [0.717, 1.165) is 57.8 Å². The summed E-state index contributed by atoms with van der Waals surface area (Å²) in [6, 6.07) is -2.27. The molecule has 39 heavy (non-hydrogen) atoms. The summed E-state index contributed by atoms with van der Waals surface area (Å²) in [4.78, 5) is 54.3. The number of aliphatic imine (C=N–C) groups is 1. The molecule has 0 aromatic heterocycles. The standard InChI is InChI=1S/C6H14N2O2.C6H11NO3.C6H11NO2.C6H9NO2.CH4/c7-4-2-1-3-5(8)6(9)10;7-5(6(9)10)3-1-2-4-8;2*8-6(9)5-3-1-2-4-7-5;/h5H,1-4,7-8H2,(H,9,10);4-5H,1-3,7H2,(H,9,10);5,7H,1-4H2,(H,8,9);4-5H,1-3H2,(H,8,9);1H4/t4*5-;/m0000./s1. The lowest BCUT2D eigenvalue weighted by Crippen LogP contribution is -2.40. The summed E-state index contributed by atoms with van der Waals surface area (Å²) in [5.74, 6) is -3.46. The molecule has 0 unspecified atom stereocenters. The molecule has 1 fully saturated rings. The lowest BCUT2D eigenvalue weighted by Gasteiger charge is -2.18. The zero-order valence-corrected chi connectivity index (χ0v) is 21.9. The minimum Gasteiger partial charge on any atom is -0.480 e. The molecule has 2 aliphatic heterocycles. The van der Waals surface area contributed by atoms with Crippen molar-refractivity contribution in [3.63, 3.8) is 0 Å². The Balaban J connectivity index is -0.000000439. The molecule has 2 aliphatic rings. The van der Waals surface area contributed by atoms with Crippen LogP contribution in [0.1, 0.15) is 84.5 Å². The zero-order chi connectivity index (χ0) is 29.3. The summed E-state index contributed by atoms with van der Waals surface area (Å²) >= 11 is 0. The third kappa shape index (κ3) is 25.1. The lowest BCUT2D eigenvalue weighted by atomic mass is 10.1. The first-order valence-electron chi connectivity index (χ1n) is 12.8. The quantitative estimate of drug-likeness (QED) is 0.121. The number of carboxylic acid groups (broad SMARTS) is 4. The molecular weight excluding hydrogens is 514 g/mol. The van der Waals surface area contributed by atoms with Gasteiger partial charge in [0, 0.05) is 6.42 Å². The molecule has 0 aromatic rings. The number of aliphatic carboxylic acids is 4. The predicted octanol–water partition coefficient (Wildman–Crippen LogP) is 0.838. The number of piperidine rings is 1. The van der Waals surface area contributed by atoms with Crippen molar-refractivity contribution in [2.24, 2.45) is 22.2 Å². The van der Waals surface area contributed by atoms with Crippen molar-refractivity contribution in [3.05, 3.63) is 0 Å². The summed E-state index contributed by atoms with van der Waals surface area (Å²) in [5, 5.41) is 36.4. The van der Waals surface area contributed by atoms with Crippen molar-refractivity contribution in [1.82, 2.24) is 5.32 Å². The van der Waals surface area contributed by atoms with Crippen LogP contribution in [0, 0.1) is 0 Å². The largest absolute Gasteiger partial charge is 0.480 e. The number of carboxylic acids is 4. The van der Waals surface area contributed by atoms with Crippen molar-refractivity contribution >= 4 is 36.4 Å². The topological polar surface area (TPSA) is 269 Å². The number of nitrogens with one attached hydrogen (secondary N) is 1. The normalized spacial score (nSPS) is 18.9. The summed E-state index contributed by atoms with van der Waals surface area (Å²) in [7, 11) is 0. The fraction of sp³-hybridized carbons (Fsp3) is 0.760. The van der Waals surface area contributed by atoms with Crippen molar-refractivity contribution in [2.45, 2.75) is 109 Å². The first-order valence-corrected chi connectivity index (χ1v) is 12.8. The van der Waals surface area contributed by atoms with Gasteiger partial charge >= 0.3 is 23.9 Å². The zero-order valence-electron chi connectivity index (χ0n) is 21.9. The van der Waals surface area contributed by atoms with Gasteiger partial charge in [-0.2, -0.15) is 0 Å². The molecule has 228 valence electrons. The predicted molar refractivity (Wildman–Crippen MR) is 148 cm³/mol. The van der Waals surface area contributed by atoms with Gasteiger partial charge in [-0.15, -0.1) is 0 Å². The molecular formula is C25H49N5O9. The molecule has 0 aromatic carbocycles. The minimum absolute atomic E-state index is 0. The Bertz CT molecular complexity index is 716. The van der Waals surface area contributed by atoms with Gasteiger partial charge < -0.3 is 47.7 Å². The summed E-state index contributed by atoms with van der Waals surface area (Å²) < 4.78 is 0. The fourth-order valence-electron chi connectivity index (χ4n) is 3.11. The summed E-state index contributed by atoms with van der Waals surface area (Å²) in [6.45, 7) is 1.46. The van der Waals surface area contributed by atoms with Gasteiger partial charge in [0.1, 0.15) is 30.5 Å². The molecule has 0 bridgehead atoms. The van der Waals surface area contributed by atoms with Crippen LogP contribution < -0.4 is 22.5 Å². The second-order valence-electron chi connectivity index (χ2n) is 8.73. The van der Waals surface area contributed by atoms with E-state index in [1.807, 2.05) is 0 Å². The van der Waals surface area contributed by atoms with Crippen LogP contribution in [0.15, 0.2) is 4.99 Å². The number of carbonyl (C=O) groups is 5. The number of carbonyl (C=O) groups excluding carboxylic acids is 1. The SMILES string of the molecule is C.NCCCC[C@H](N)C(=O)O.N[C@@H](CCCC=O)C(=O)O.O=C(O)[C@@H]1CCCC=N1.O=C(O)[C@@H]1CCCCN1. The van der Waals surface area contributed by atoms with Crippen molar-refractivity contribution in [1.29, 1.82) is 0 Å². The van der Waals surface area contributed by atoms with Crippen molar-refractivity contribution in [2.75, 3.05) is 13.1 Å². The van der Waals surface area contributed by atoms with Gasteiger partial charge in [-0.05, 0) is 77.1 Å². The van der Waals surface area contributed by atoms with Crippen molar-refractivity contribution in [3.8, 4) is 0 Å². The highest BCUT2D eigenvalue weighted by atomic mass is 16.4. The van der Waals surface area contributed by atoms with Crippen LogP contribution in [0.5, 0.6) is 0 Å². The molecule has 2 heterocycles. The van der Waals surface area contributed by atoms with Gasteiger partial charge in [-0.3, -0.25) is 19.4 Å². The van der Waals surface area contributed by atoms with Gasteiger partial charge in [0.25, 0.3) is 0 Å². The van der Waals surface area contributed by atoms with Crippen LogP contribution in [-0.4, -0.2) is 94.1 Å². The van der Waals surface area contributed by atoms with Crippen molar-refractivity contribution < 1.29 is 44.4 Å².